The predicted octanol–water partition coefficient (Wildman–Crippen LogP) is 4.45. The van der Waals surface area contributed by atoms with Crippen LogP contribution < -0.4 is 5.32 Å². The van der Waals surface area contributed by atoms with E-state index in [9.17, 15) is 14.9 Å². The number of aromatic nitrogens is 3. The lowest BCUT2D eigenvalue weighted by atomic mass is 10.1. The quantitative estimate of drug-likeness (QED) is 0.143. The molecule has 0 unspecified atom stereocenters. The minimum Gasteiger partial charge on any atom is -0.385 e. The van der Waals surface area contributed by atoms with Crippen molar-refractivity contribution in [1.29, 1.82) is 0 Å². The Hall–Kier alpha value is -3.76. The molecule has 0 saturated carbocycles. The third-order valence-electron chi connectivity index (χ3n) is 5.37. The molecule has 10 heteroatoms. The van der Waals surface area contributed by atoms with E-state index in [-0.39, 0.29) is 11.6 Å². The van der Waals surface area contributed by atoms with Gasteiger partial charge in [-0.1, -0.05) is 36.0 Å². The van der Waals surface area contributed by atoms with E-state index in [1.165, 1.54) is 17.8 Å². The molecule has 2 heterocycles. The van der Waals surface area contributed by atoms with E-state index in [2.05, 4.69) is 14.9 Å². The maximum absolute atomic E-state index is 12.3. The van der Waals surface area contributed by atoms with Gasteiger partial charge in [0.15, 0.2) is 5.16 Å². The SMILES string of the molecule is COCCCNC(=O)c1ccc(Cn2c(SCc3cccc([N+](=O)[O-])c3)nc3ccncc32)cc1. The summed E-state index contributed by atoms with van der Waals surface area (Å²) >= 11 is 1.51. The summed E-state index contributed by atoms with van der Waals surface area (Å²) in [7, 11) is 1.64. The largest absolute Gasteiger partial charge is 0.385 e. The lowest BCUT2D eigenvalue weighted by Gasteiger charge is -2.10. The van der Waals surface area contributed by atoms with Crippen LogP contribution in [-0.2, 0) is 17.0 Å². The number of ether oxygens (including phenoxy) is 1. The summed E-state index contributed by atoms with van der Waals surface area (Å²) < 4.78 is 7.07. The Balaban J connectivity index is 1.50. The number of thioether (sulfide) groups is 1. The van der Waals surface area contributed by atoms with Gasteiger partial charge in [-0.25, -0.2) is 4.98 Å². The topological polar surface area (TPSA) is 112 Å². The number of methoxy groups -OCH3 is 1. The second-order valence-corrected chi connectivity index (χ2v) is 8.80. The molecule has 0 radical (unpaired) electrons. The monoisotopic (exact) mass is 491 g/mol. The lowest BCUT2D eigenvalue weighted by molar-refractivity contribution is -0.384. The highest BCUT2D eigenvalue weighted by Gasteiger charge is 2.14. The molecule has 4 rings (SSSR count). The van der Waals surface area contributed by atoms with Gasteiger partial charge in [0.1, 0.15) is 0 Å². The number of nitro benzene ring substituents is 1. The van der Waals surface area contributed by atoms with E-state index in [1.54, 1.807) is 31.6 Å². The van der Waals surface area contributed by atoms with Crippen LogP contribution in [0.25, 0.3) is 11.0 Å². The van der Waals surface area contributed by atoms with Crippen LogP contribution in [0.2, 0.25) is 0 Å². The van der Waals surface area contributed by atoms with E-state index in [0.29, 0.717) is 31.0 Å². The number of nitro groups is 1. The summed E-state index contributed by atoms with van der Waals surface area (Å²) in [6, 6.07) is 16.0. The maximum Gasteiger partial charge on any atom is 0.269 e. The number of nitrogens with one attached hydrogen (secondary N) is 1. The normalized spacial score (nSPS) is 11.0. The van der Waals surface area contributed by atoms with Crippen LogP contribution in [0, 0.1) is 10.1 Å². The van der Waals surface area contributed by atoms with Gasteiger partial charge in [0.2, 0.25) is 0 Å². The number of pyridine rings is 1. The first-order chi connectivity index (χ1) is 17.0. The van der Waals surface area contributed by atoms with Crippen molar-refractivity contribution in [2.75, 3.05) is 20.3 Å². The fourth-order valence-corrected chi connectivity index (χ4v) is 4.54. The fourth-order valence-electron chi connectivity index (χ4n) is 3.58. The third-order valence-corrected chi connectivity index (χ3v) is 6.42. The zero-order valence-electron chi connectivity index (χ0n) is 19.2. The van der Waals surface area contributed by atoms with E-state index in [0.717, 1.165) is 33.7 Å². The van der Waals surface area contributed by atoms with Gasteiger partial charge in [-0.05, 0) is 35.7 Å². The molecule has 0 aliphatic carbocycles. The lowest BCUT2D eigenvalue weighted by Crippen LogP contribution is -2.25. The van der Waals surface area contributed by atoms with Gasteiger partial charge >= 0.3 is 0 Å². The summed E-state index contributed by atoms with van der Waals surface area (Å²) in [5.74, 6) is 0.429. The number of carbonyl (C=O) groups is 1. The summed E-state index contributed by atoms with van der Waals surface area (Å²) in [5, 5.41) is 14.8. The van der Waals surface area contributed by atoms with Gasteiger partial charge in [-0.15, -0.1) is 0 Å². The first-order valence-corrected chi connectivity index (χ1v) is 12.1. The standard InChI is InChI=1S/C25H25N5O4S/c1-34-13-3-11-27-24(31)20-8-6-18(7-9-20)16-29-23-15-26-12-10-22(23)28-25(29)35-17-19-4-2-5-21(14-19)30(32)33/h2,4-10,12,14-15H,3,11,13,16-17H2,1H3,(H,27,31). The number of hydrogen-bond acceptors (Lipinski definition) is 7. The molecule has 0 bridgehead atoms. The van der Waals surface area contributed by atoms with Crippen molar-refractivity contribution >= 4 is 34.4 Å². The third kappa shape index (κ3) is 6.23. The van der Waals surface area contributed by atoms with Gasteiger partial charge in [-0.3, -0.25) is 19.9 Å². The molecular formula is C25H25N5O4S. The molecule has 0 saturated heterocycles. The number of amides is 1. The molecule has 0 aliphatic heterocycles. The maximum atomic E-state index is 12.3. The Labute approximate surface area is 206 Å². The Kier molecular flexibility index (Phi) is 8.07. The Morgan fingerprint density at radius 1 is 1.17 bits per heavy atom. The van der Waals surface area contributed by atoms with Gasteiger partial charge in [0.25, 0.3) is 11.6 Å². The van der Waals surface area contributed by atoms with Crippen molar-refractivity contribution in [1.82, 2.24) is 19.9 Å². The molecular weight excluding hydrogens is 466 g/mol. The predicted molar refractivity (Wildman–Crippen MR) is 135 cm³/mol. The van der Waals surface area contributed by atoms with Gasteiger partial charge in [0.05, 0.1) is 28.7 Å². The number of fused-ring (bicyclic) bond motifs is 1. The average molecular weight is 492 g/mol. The molecule has 0 spiro atoms. The number of non-ortho nitro benzene ring substituents is 1. The van der Waals surface area contributed by atoms with E-state index < -0.39 is 4.92 Å². The van der Waals surface area contributed by atoms with Crippen LogP contribution in [0.5, 0.6) is 0 Å². The Morgan fingerprint density at radius 2 is 2.00 bits per heavy atom. The van der Waals surface area contributed by atoms with Gasteiger partial charge < -0.3 is 14.6 Å². The fraction of sp³-hybridized carbons (Fsp3) is 0.240. The summed E-state index contributed by atoms with van der Waals surface area (Å²) in [6.07, 6.45) is 4.25. The number of imidazole rings is 1. The van der Waals surface area contributed by atoms with Crippen molar-refractivity contribution in [3.63, 3.8) is 0 Å². The summed E-state index contributed by atoms with van der Waals surface area (Å²) in [5.41, 5.74) is 4.26. The highest BCUT2D eigenvalue weighted by atomic mass is 32.2. The molecule has 0 aliphatic rings. The van der Waals surface area contributed by atoms with Crippen LogP contribution in [0.3, 0.4) is 0 Å². The molecule has 180 valence electrons. The van der Waals surface area contributed by atoms with E-state index >= 15 is 0 Å². The molecule has 0 fully saturated rings. The number of benzene rings is 2. The minimum atomic E-state index is -0.390. The zero-order chi connectivity index (χ0) is 24.6. The highest BCUT2D eigenvalue weighted by molar-refractivity contribution is 7.98. The molecule has 35 heavy (non-hydrogen) atoms. The first kappa shape index (κ1) is 24.4. The molecule has 9 nitrogen and oxygen atoms in total. The Morgan fingerprint density at radius 3 is 2.77 bits per heavy atom. The number of rotatable bonds is 11. The number of hydrogen-bond donors (Lipinski definition) is 1. The summed E-state index contributed by atoms with van der Waals surface area (Å²) in [4.78, 5) is 32.0. The second kappa shape index (κ2) is 11.6. The van der Waals surface area contributed by atoms with E-state index in [1.807, 2.05) is 36.4 Å². The van der Waals surface area contributed by atoms with Crippen molar-refractivity contribution < 1.29 is 14.5 Å². The molecule has 0 atom stereocenters. The van der Waals surface area contributed by atoms with Crippen molar-refractivity contribution in [2.45, 2.75) is 23.9 Å². The average Bonchev–Trinajstić information content (AvgIpc) is 3.23. The number of carbonyl (C=O) groups excluding carboxylic acids is 1. The van der Waals surface area contributed by atoms with Crippen molar-refractivity contribution in [2.24, 2.45) is 0 Å². The van der Waals surface area contributed by atoms with Crippen LogP contribution in [0.15, 0.2) is 72.1 Å². The Bertz CT molecular complexity index is 1320. The van der Waals surface area contributed by atoms with Crippen LogP contribution in [-0.4, -0.2) is 45.6 Å². The van der Waals surface area contributed by atoms with Crippen molar-refractivity contribution in [3.05, 3.63) is 93.8 Å². The smallest absolute Gasteiger partial charge is 0.269 e. The molecule has 4 aromatic rings. The highest BCUT2D eigenvalue weighted by Crippen LogP contribution is 2.28. The molecule has 1 amide bonds. The van der Waals surface area contributed by atoms with Crippen LogP contribution in [0.1, 0.15) is 27.9 Å². The van der Waals surface area contributed by atoms with Gasteiger partial charge in [-0.2, -0.15) is 0 Å². The molecule has 2 aromatic heterocycles. The summed E-state index contributed by atoms with van der Waals surface area (Å²) in [6.45, 7) is 1.72. The van der Waals surface area contributed by atoms with E-state index in [4.69, 9.17) is 9.72 Å². The van der Waals surface area contributed by atoms with Crippen LogP contribution >= 0.6 is 11.8 Å². The zero-order valence-corrected chi connectivity index (χ0v) is 20.0. The second-order valence-electron chi connectivity index (χ2n) is 7.86. The van der Waals surface area contributed by atoms with Crippen LogP contribution in [0.4, 0.5) is 5.69 Å². The van der Waals surface area contributed by atoms with Gasteiger partial charge in [0, 0.05) is 49.9 Å². The number of nitrogens with zero attached hydrogens (tertiary/aromatic N) is 4. The molecule has 1 N–H and O–H groups in total. The first-order valence-electron chi connectivity index (χ1n) is 11.1. The van der Waals surface area contributed by atoms with Crippen molar-refractivity contribution in [3.8, 4) is 0 Å². The minimum absolute atomic E-state index is 0.0728. The molecule has 2 aromatic carbocycles.